The molecule has 0 spiro atoms. The first-order valence-electron chi connectivity index (χ1n) is 24.6. The fourth-order valence-electron chi connectivity index (χ4n) is 7.94. The highest BCUT2D eigenvalue weighted by Crippen LogP contribution is 2.20. The van der Waals surface area contributed by atoms with Crippen molar-refractivity contribution in [1.29, 1.82) is 0 Å². The molecule has 1 aliphatic heterocycles. The van der Waals surface area contributed by atoms with E-state index in [0.29, 0.717) is 49.0 Å². The lowest BCUT2D eigenvalue weighted by molar-refractivity contribution is -0.143. The second kappa shape index (κ2) is 31.3. The van der Waals surface area contributed by atoms with E-state index in [2.05, 4.69) is 37.2 Å². The van der Waals surface area contributed by atoms with Crippen molar-refractivity contribution in [2.75, 3.05) is 38.3 Å². The number of likely N-dealkylation sites (tertiary alicyclic amines) is 1. The van der Waals surface area contributed by atoms with E-state index < -0.39 is 127 Å². The Bertz CT molecular complexity index is 2210. The third-order valence-electron chi connectivity index (χ3n) is 12.5. The molecule has 8 amide bonds. The van der Waals surface area contributed by atoms with Gasteiger partial charge in [-0.25, -0.2) is 4.79 Å². The second-order valence-corrected chi connectivity index (χ2v) is 19.2. The van der Waals surface area contributed by atoms with Crippen LogP contribution in [0.25, 0.3) is 0 Å². The van der Waals surface area contributed by atoms with Crippen molar-refractivity contribution in [3.8, 4) is 11.5 Å². The second-order valence-electron chi connectivity index (χ2n) is 18.2. The van der Waals surface area contributed by atoms with Gasteiger partial charge in [0, 0.05) is 19.4 Å². The summed E-state index contributed by atoms with van der Waals surface area (Å²) in [7, 11) is 0. The smallest absolute Gasteiger partial charge is 0.328 e. The van der Waals surface area contributed by atoms with Gasteiger partial charge in [0.05, 0.1) is 19.3 Å². The monoisotopic (exact) mass is 1060 g/mol. The number of nitrogens with one attached hydrogen (secondary N) is 7. The minimum absolute atomic E-state index is 0.0381. The molecule has 1 saturated heterocycles. The lowest BCUT2D eigenvalue weighted by Crippen LogP contribution is -2.62. The summed E-state index contributed by atoms with van der Waals surface area (Å²) in [6.07, 6.45) is 3.40. The van der Waals surface area contributed by atoms with E-state index in [1.165, 1.54) is 72.1 Å². The number of aliphatic hydroxyl groups is 2. The zero-order chi connectivity index (χ0) is 55.1. The van der Waals surface area contributed by atoms with Gasteiger partial charge in [-0.1, -0.05) is 44.5 Å². The fourth-order valence-corrected chi connectivity index (χ4v) is 8.41. The molecule has 2 aromatic carbocycles. The van der Waals surface area contributed by atoms with Gasteiger partial charge >= 0.3 is 5.97 Å². The molecule has 0 aliphatic carbocycles. The number of carboxylic acids is 1. The molecule has 24 nitrogen and oxygen atoms in total. The summed E-state index contributed by atoms with van der Waals surface area (Å²) < 4.78 is 0. The van der Waals surface area contributed by atoms with Crippen LogP contribution in [0.4, 0.5) is 0 Å². The van der Waals surface area contributed by atoms with Gasteiger partial charge in [0.25, 0.3) is 0 Å². The quantitative estimate of drug-likeness (QED) is 0.0351. The van der Waals surface area contributed by atoms with Crippen molar-refractivity contribution >= 4 is 65.0 Å². The van der Waals surface area contributed by atoms with E-state index in [1.54, 1.807) is 20.1 Å². The van der Waals surface area contributed by atoms with Crippen molar-refractivity contribution in [2.45, 2.75) is 133 Å². The SMILES string of the molecule is CC[C@H](C)[C@H](NC(=O)[C@H](CO)NC(=O)[C@H](Cc1ccc(O)cc1)NC(=O)[C@H](Cc1ccc(O)cc1)NC(=O)[C@@H]1CCCN1C(=O)[C@H](C)N)C(=O)N[C@@H](CCCCN)C(=O)N[C@@H](CCSC)C(=O)N[C@@H](CO)C(=O)O. The minimum atomic E-state index is -1.72. The van der Waals surface area contributed by atoms with Crippen LogP contribution in [-0.2, 0) is 56.0 Å². The average Bonchev–Trinajstić information content (AvgIpc) is 3.87. The van der Waals surface area contributed by atoms with Gasteiger partial charge in [0.2, 0.25) is 47.3 Å². The number of unbranched alkanes of at least 4 members (excludes halogenated alkanes) is 1. The van der Waals surface area contributed by atoms with Gasteiger partial charge in [-0.3, -0.25) is 38.4 Å². The van der Waals surface area contributed by atoms with Gasteiger partial charge < -0.3 is 79.1 Å². The molecular formula is C49H74N10O14S. The molecule has 0 radical (unpaired) electrons. The van der Waals surface area contributed by atoms with Gasteiger partial charge in [-0.15, -0.1) is 0 Å². The predicted molar refractivity (Wildman–Crippen MR) is 273 cm³/mol. The highest BCUT2D eigenvalue weighted by molar-refractivity contribution is 7.98. The Hall–Kier alpha value is -6.54. The standard InChI is InChI=1S/C49H74N10O14S/c1-5-27(2)40(47(70)53-33(9-6-7-20-50)41(64)52-34(19-22-74-4)42(65)57-38(26-61)49(72)73)58-45(68)37(25-60)56-44(67)35(23-29-11-15-31(62)16-12-29)54-43(66)36(24-30-13-17-32(63)18-14-30)55-46(69)39-10-8-21-59(39)48(71)28(3)51/h11-18,27-28,33-40,60-63H,5-10,19-26,50-51H2,1-4H3,(H,52,64)(H,53,70)(H,54,66)(H,55,69)(H,56,67)(H,57,65)(H,58,68)(H,72,73)/t27-,28-,33-,34-,35-,36-,37-,38-,39-,40-/m0/s1. The average molecular weight is 1060 g/mol. The number of amides is 8. The maximum atomic E-state index is 14.3. The molecular weight excluding hydrogens is 985 g/mol. The van der Waals surface area contributed by atoms with E-state index in [1.807, 2.05) is 0 Å². The Morgan fingerprint density at radius 1 is 0.649 bits per heavy atom. The number of aliphatic hydroxyl groups excluding tert-OH is 2. The summed E-state index contributed by atoms with van der Waals surface area (Å²) in [5.41, 5.74) is 12.5. The van der Waals surface area contributed by atoms with Crippen LogP contribution >= 0.6 is 11.8 Å². The highest BCUT2D eigenvalue weighted by Gasteiger charge is 2.39. The zero-order valence-corrected chi connectivity index (χ0v) is 43.0. The molecule has 74 heavy (non-hydrogen) atoms. The Balaban J connectivity index is 1.90. The third-order valence-corrected chi connectivity index (χ3v) is 13.1. The molecule has 10 atom stereocenters. The van der Waals surface area contributed by atoms with E-state index in [-0.39, 0.29) is 50.3 Å². The Labute approximate surface area is 434 Å². The number of phenolic OH excluding ortho intramolecular Hbond substituents is 2. The molecule has 0 bridgehead atoms. The molecule has 16 N–H and O–H groups in total. The molecule has 1 aliphatic rings. The van der Waals surface area contributed by atoms with Crippen LogP contribution in [0.1, 0.15) is 76.8 Å². The van der Waals surface area contributed by atoms with Crippen molar-refractivity contribution in [3.05, 3.63) is 59.7 Å². The van der Waals surface area contributed by atoms with Crippen LogP contribution in [0.3, 0.4) is 0 Å². The van der Waals surface area contributed by atoms with Crippen molar-refractivity contribution in [3.63, 3.8) is 0 Å². The lowest BCUT2D eigenvalue weighted by Gasteiger charge is -2.30. The third kappa shape index (κ3) is 19.4. The molecule has 0 unspecified atom stereocenters. The Morgan fingerprint density at radius 3 is 1.59 bits per heavy atom. The normalized spacial score (nSPS) is 16.9. The number of benzene rings is 2. The Kier molecular flexibility index (Phi) is 26.1. The van der Waals surface area contributed by atoms with Gasteiger partial charge in [0.15, 0.2) is 0 Å². The molecule has 1 heterocycles. The topological polar surface area (TPSA) is 394 Å². The molecule has 25 heteroatoms. The first kappa shape index (κ1) is 61.8. The Morgan fingerprint density at radius 2 is 1.11 bits per heavy atom. The fraction of sp³-hybridized carbons (Fsp3) is 0.571. The number of phenols is 2. The summed E-state index contributed by atoms with van der Waals surface area (Å²) in [6.45, 7) is 3.49. The number of nitrogens with two attached hydrogens (primary N) is 2. The first-order chi connectivity index (χ1) is 35.2. The van der Waals surface area contributed by atoms with Gasteiger partial charge in [0.1, 0.15) is 59.8 Å². The van der Waals surface area contributed by atoms with Gasteiger partial charge in [-0.2, -0.15) is 11.8 Å². The number of nitrogens with zero attached hydrogens (tertiary/aromatic N) is 1. The van der Waals surface area contributed by atoms with E-state index >= 15 is 0 Å². The first-order valence-corrected chi connectivity index (χ1v) is 26.0. The number of carbonyl (C=O) groups is 9. The van der Waals surface area contributed by atoms with E-state index in [4.69, 9.17) is 11.5 Å². The van der Waals surface area contributed by atoms with Crippen molar-refractivity contribution in [1.82, 2.24) is 42.1 Å². The summed E-state index contributed by atoms with van der Waals surface area (Å²) in [5.74, 6) is -8.36. The van der Waals surface area contributed by atoms with Crippen LogP contribution in [-0.4, -0.2) is 176 Å². The van der Waals surface area contributed by atoms with Crippen LogP contribution in [0, 0.1) is 5.92 Å². The summed E-state index contributed by atoms with van der Waals surface area (Å²) in [4.78, 5) is 123. The van der Waals surface area contributed by atoms with Crippen LogP contribution in [0.15, 0.2) is 48.5 Å². The number of hydrogen-bond donors (Lipinski definition) is 14. The number of hydrogen-bond acceptors (Lipinski definition) is 16. The summed E-state index contributed by atoms with van der Waals surface area (Å²) >= 11 is 1.35. The molecule has 410 valence electrons. The van der Waals surface area contributed by atoms with Crippen LogP contribution in [0.5, 0.6) is 11.5 Å². The predicted octanol–water partition coefficient (Wildman–Crippen LogP) is -2.39. The van der Waals surface area contributed by atoms with E-state index in [9.17, 15) is 68.7 Å². The van der Waals surface area contributed by atoms with Crippen molar-refractivity contribution < 1.29 is 68.7 Å². The molecule has 2 aromatic rings. The van der Waals surface area contributed by atoms with Crippen molar-refractivity contribution in [2.24, 2.45) is 17.4 Å². The van der Waals surface area contributed by atoms with Crippen LogP contribution in [0.2, 0.25) is 0 Å². The lowest BCUT2D eigenvalue weighted by atomic mass is 9.97. The number of carboxylic acid groups (broad SMARTS) is 1. The van der Waals surface area contributed by atoms with Gasteiger partial charge in [-0.05, 0) is 105 Å². The largest absolute Gasteiger partial charge is 0.508 e. The number of carbonyl (C=O) groups excluding carboxylic acids is 8. The molecule has 0 saturated carbocycles. The van der Waals surface area contributed by atoms with Crippen LogP contribution < -0.4 is 48.7 Å². The maximum Gasteiger partial charge on any atom is 0.328 e. The summed E-state index contributed by atoms with van der Waals surface area (Å²) in [5, 5.41) is 67.1. The highest BCUT2D eigenvalue weighted by atomic mass is 32.2. The minimum Gasteiger partial charge on any atom is -0.508 e. The molecule has 3 rings (SSSR count). The molecule has 1 fully saturated rings. The zero-order valence-electron chi connectivity index (χ0n) is 42.2. The number of thioether (sulfide) groups is 1. The summed E-state index contributed by atoms with van der Waals surface area (Å²) in [6, 6.07) is -0.477. The molecule has 0 aromatic heterocycles. The number of aliphatic carboxylic acids is 1. The number of rotatable bonds is 31. The number of aromatic hydroxyl groups is 2. The maximum absolute atomic E-state index is 14.3. The van der Waals surface area contributed by atoms with E-state index in [0.717, 1.165) is 0 Å².